The van der Waals surface area contributed by atoms with Gasteiger partial charge in [0.2, 0.25) is 10.0 Å². The van der Waals surface area contributed by atoms with Gasteiger partial charge < -0.3 is 14.8 Å². The smallest absolute Gasteiger partial charge is 0.262 e. The number of hydrogen-bond donors (Lipinski definition) is 2. The van der Waals surface area contributed by atoms with E-state index in [9.17, 15) is 13.2 Å². The first-order valence-corrected chi connectivity index (χ1v) is 10.4. The minimum absolute atomic E-state index is 0.000959. The summed E-state index contributed by atoms with van der Waals surface area (Å²) in [6, 6.07) is 8.52. The van der Waals surface area contributed by atoms with Crippen molar-refractivity contribution in [2.24, 2.45) is 0 Å². The Balaban J connectivity index is 2.15. The Morgan fingerprint density at radius 3 is 2.39 bits per heavy atom. The molecule has 0 aliphatic carbocycles. The number of rotatable bonds is 8. The number of halogens is 2. The third-order valence-electron chi connectivity index (χ3n) is 3.40. The molecule has 7 nitrogen and oxygen atoms in total. The van der Waals surface area contributed by atoms with Gasteiger partial charge in [0.05, 0.1) is 22.7 Å². The normalized spacial score (nSPS) is 11.4. The van der Waals surface area contributed by atoms with Crippen LogP contribution in [0.5, 0.6) is 11.5 Å². The second-order valence-corrected chi connectivity index (χ2v) is 8.61. The number of anilines is 1. The summed E-state index contributed by atoms with van der Waals surface area (Å²) in [5.74, 6) is 0.0858. The molecule has 0 fully saturated rings. The third kappa shape index (κ3) is 6.00. The van der Waals surface area contributed by atoms with Crippen molar-refractivity contribution in [3.05, 3.63) is 46.4 Å². The highest BCUT2D eigenvalue weighted by Gasteiger charge is 2.18. The predicted octanol–water partition coefficient (Wildman–Crippen LogP) is 3.71. The van der Waals surface area contributed by atoms with Gasteiger partial charge in [0.1, 0.15) is 11.5 Å². The van der Waals surface area contributed by atoms with Crippen molar-refractivity contribution in [3.8, 4) is 11.5 Å². The van der Waals surface area contributed by atoms with E-state index in [0.717, 1.165) is 0 Å². The molecule has 0 spiro atoms. The molecule has 1 amide bonds. The second-order valence-electron chi connectivity index (χ2n) is 6.05. The maximum absolute atomic E-state index is 12.3. The Morgan fingerprint density at radius 1 is 1.11 bits per heavy atom. The first kappa shape index (κ1) is 22.3. The van der Waals surface area contributed by atoms with Crippen LogP contribution in [0, 0.1) is 0 Å². The van der Waals surface area contributed by atoms with E-state index in [-0.39, 0.29) is 28.3 Å². The van der Waals surface area contributed by atoms with Crippen molar-refractivity contribution in [2.75, 3.05) is 19.0 Å². The quantitative estimate of drug-likeness (QED) is 0.644. The molecule has 0 aliphatic rings. The predicted molar refractivity (Wildman–Crippen MR) is 109 cm³/mol. The second kappa shape index (κ2) is 9.47. The SMILES string of the molecule is COc1ccc(S(=O)(=O)NC(C)C)cc1NC(=O)COc1ccc(Cl)cc1Cl. The maximum atomic E-state index is 12.3. The average Bonchev–Trinajstić information content (AvgIpc) is 2.59. The standard InChI is InChI=1S/C18H20Cl2N2O5S/c1-11(2)22-28(24,25)13-5-7-17(26-3)15(9-13)21-18(23)10-27-16-6-4-12(19)8-14(16)20/h4-9,11,22H,10H2,1-3H3,(H,21,23). The van der Waals surface area contributed by atoms with E-state index in [4.69, 9.17) is 32.7 Å². The van der Waals surface area contributed by atoms with Crippen molar-refractivity contribution in [3.63, 3.8) is 0 Å². The van der Waals surface area contributed by atoms with Gasteiger partial charge in [0.15, 0.2) is 6.61 Å². The Labute approximate surface area is 174 Å². The van der Waals surface area contributed by atoms with Gasteiger partial charge in [-0.2, -0.15) is 0 Å². The molecule has 10 heteroatoms. The van der Waals surface area contributed by atoms with E-state index in [0.29, 0.717) is 16.5 Å². The lowest BCUT2D eigenvalue weighted by molar-refractivity contribution is -0.118. The highest BCUT2D eigenvalue weighted by molar-refractivity contribution is 7.89. The summed E-state index contributed by atoms with van der Waals surface area (Å²) in [6.45, 7) is 3.08. The van der Waals surface area contributed by atoms with Crippen molar-refractivity contribution in [1.29, 1.82) is 0 Å². The Hall–Kier alpha value is -2.00. The van der Waals surface area contributed by atoms with Gasteiger partial charge in [0, 0.05) is 11.1 Å². The molecule has 0 unspecified atom stereocenters. The van der Waals surface area contributed by atoms with Crippen LogP contribution in [0.3, 0.4) is 0 Å². The summed E-state index contributed by atoms with van der Waals surface area (Å²) in [7, 11) is -2.31. The minimum Gasteiger partial charge on any atom is -0.495 e. The van der Waals surface area contributed by atoms with Crippen LogP contribution in [0.1, 0.15) is 13.8 Å². The monoisotopic (exact) mass is 446 g/mol. The number of hydrogen-bond acceptors (Lipinski definition) is 5. The van der Waals surface area contributed by atoms with E-state index in [2.05, 4.69) is 10.0 Å². The van der Waals surface area contributed by atoms with E-state index in [1.165, 1.54) is 31.4 Å². The van der Waals surface area contributed by atoms with Gasteiger partial charge in [-0.05, 0) is 50.2 Å². The summed E-state index contributed by atoms with van der Waals surface area (Å²) in [5, 5.41) is 3.29. The fourth-order valence-electron chi connectivity index (χ4n) is 2.25. The van der Waals surface area contributed by atoms with Crippen molar-refractivity contribution in [1.82, 2.24) is 4.72 Å². The summed E-state index contributed by atoms with van der Waals surface area (Å²) >= 11 is 11.8. The first-order valence-electron chi connectivity index (χ1n) is 8.20. The molecule has 2 N–H and O–H groups in total. The fourth-order valence-corrected chi connectivity index (χ4v) is 3.99. The van der Waals surface area contributed by atoms with Crippen LogP contribution in [0.2, 0.25) is 10.0 Å². The topological polar surface area (TPSA) is 93.7 Å². The molecular formula is C18H20Cl2N2O5S. The molecule has 0 heterocycles. The summed E-state index contributed by atoms with van der Waals surface area (Å²) in [6.07, 6.45) is 0. The van der Waals surface area contributed by atoms with Crippen LogP contribution in [0.25, 0.3) is 0 Å². The molecule has 152 valence electrons. The van der Waals surface area contributed by atoms with Crippen LogP contribution in [-0.2, 0) is 14.8 Å². The molecule has 0 aromatic heterocycles. The molecule has 0 aliphatic heterocycles. The molecule has 0 saturated carbocycles. The van der Waals surface area contributed by atoms with E-state index < -0.39 is 15.9 Å². The van der Waals surface area contributed by atoms with Crippen LogP contribution in [0.15, 0.2) is 41.3 Å². The number of amides is 1. The third-order valence-corrected chi connectivity index (χ3v) is 5.59. The van der Waals surface area contributed by atoms with E-state index >= 15 is 0 Å². The van der Waals surface area contributed by atoms with Gasteiger partial charge in [-0.15, -0.1) is 0 Å². The highest BCUT2D eigenvalue weighted by Crippen LogP contribution is 2.29. The van der Waals surface area contributed by atoms with Crippen LogP contribution in [0.4, 0.5) is 5.69 Å². The summed E-state index contributed by atoms with van der Waals surface area (Å²) in [5.41, 5.74) is 0.199. The lowest BCUT2D eigenvalue weighted by atomic mass is 10.3. The number of carbonyl (C=O) groups excluding carboxylic acids is 1. The number of ether oxygens (including phenoxy) is 2. The zero-order valence-electron chi connectivity index (χ0n) is 15.5. The molecule has 0 radical (unpaired) electrons. The lowest BCUT2D eigenvalue weighted by Crippen LogP contribution is -2.30. The molecule has 0 saturated heterocycles. The van der Waals surface area contributed by atoms with Crippen molar-refractivity contribution < 1.29 is 22.7 Å². The first-order chi connectivity index (χ1) is 13.1. The van der Waals surface area contributed by atoms with Crippen LogP contribution >= 0.6 is 23.2 Å². The Morgan fingerprint density at radius 2 is 1.79 bits per heavy atom. The van der Waals surface area contributed by atoms with Crippen LogP contribution in [-0.4, -0.2) is 34.1 Å². The zero-order valence-corrected chi connectivity index (χ0v) is 17.8. The molecule has 28 heavy (non-hydrogen) atoms. The molecule has 0 bridgehead atoms. The summed E-state index contributed by atoms with van der Waals surface area (Å²) < 4.78 is 37.7. The zero-order chi connectivity index (χ0) is 20.9. The Kier molecular flexibility index (Phi) is 7.54. The van der Waals surface area contributed by atoms with E-state index in [1.54, 1.807) is 26.0 Å². The number of carbonyl (C=O) groups is 1. The maximum Gasteiger partial charge on any atom is 0.262 e. The summed E-state index contributed by atoms with van der Waals surface area (Å²) in [4.78, 5) is 12.2. The minimum atomic E-state index is -3.73. The van der Waals surface area contributed by atoms with Crippen LogP contribution < -0.4 is 19.5 Å². The van der Waals surface area contributed by atoms with Gasteiger partial charge in [-0.1, -0.05) is 23.2 Å². The molecule has 2 rings (SSSR count). The van der Waals surface area contributed by atoms with Gasteiger partial charge in [-0.25, -0.2) is 13.1 Å². The van der Waals surface area contributed by atoms with Crippen molar-refractivity contribution in [2.45, 2.75) is 24.8 Å². The highest BCUT2D eigenvalue weighted by atomic mass is 35.5. The van der Waals surface area contributed by atoms with Gasteiger partial charge in [-0.3, -0.25) is 4.79 Å². The fraction of sp³-hybridized carbons (Fsp3) is 0.278. The van der Waals surface area contributed by atoms with Crippen molar-refractivity contribution >= 4 is 44.8 Å². The average molecular weight is 447 g/mol. The number of sulfonamides is 1. The van der Waals surface area contributed by atoms with Gasteiger partial charge in [0.25, 0.3) is 5.91 Å². The Bertz CT molecular complexity index is 964. The number of benzene rings is 2. The molecular weight excluding hydrogens is 427 g/mol. The van der Waals surface area contributed by atoms with Gasteiger partial charge >= 0.3 is 0 Å². The lowest BCUT2D eigenvalue weighted by Gasteiger charge is -2.14. The number of methoxy groups -OCH3 is 1. The largest absolute Gasteiger partial charge is 0.495 e. The van der Waals surface area contributed by atoms with E-state index in [1.807, 2.05) is 0 Å². The number of nitrogens with one attached hydrogen (secondary N) is 2. The molecule has 2 aromatic rings. The molecule has 2 aromatic carbocycles. The molecule has 0 atom stereocenters.